The third kappa shape index (κ3) is 5.32. The van der Waals surface area contributed by atoms with Gasteiger partial charge in [-0.05, 0) is 30.7 Å². The maximum Gasteiger partial charge on any atom is 0.0440 e. The first-order valence-corrected chi connectivity index (χ1v) is 8.71. The standard InChI is InChI=1S/C13H23NOS2/c1-10(2)13(12-6-5-8-16-12)14-11(3)7-9-17(4)15/h5-6,8,10-11,13-14H,7,9H2,1-4H3. The average Bonchev–Trinajstić information content (AvgIpc) is 2.75. The van der Waals surface area contributed by atoms with Crippen molar-refractivity contribution in [2.75, 3.05) is 12.0 Å². The topological polar surface area (TPSA) is 29.1 Å². The van der Waals surface area contributed by atoms with Gasteiger partial charge in [0.05, 0.1) is 0 Å². The molecule has 0 saturated carbocycles. The molecule has 98 valence electrons. The molecule has 3 unspecified atom stereocenters. The van der Waals surface area contributed by atoms with Crippen LogP contribution in [-0.2, 0) is 10.8 Å². The van der Waals surface area contributed by atoms with Crippen LogP contribution in [0.1, 0.15) is 38.1 Å². The van der Waals surface area contributed by atoms with E-state index < -0.39 is 10.8 Å². The van der Waals surface area contributed by atoms with Gasteiger partial charge in [-0.3, -0.25) is 4.21 Å². The van der Waals surface area contributed by atoms with E-state index in [-0.39, 0.29) is 0 Å². The molecule has 1 rings (SSSR count). The summed E-state index contributed by atoms with van der Waals surface area (Å²) in [5, 5.41) is 5.77. The summed E-state index contributed by atoms with van der Waals surface area (Å²) in [6.07, 6.45) is 2.74. The zero-order valence-corrected chi connectivity index (χ0v) is 12.7. The summed E-state index contributed by atoms with van der Waals surface area (Å²) < 4.78 is 11.1. The lowest BCUT2D eigenvalue weighted by Gasteiger charge is -2.25. The van der Waals surface area contributed by atoms with Gasteiger partial charge in [0.15, 0.2) is 0 Å². The molecular formula is C13H23NOS2. The molecule has 0 aliphatic heterocycles. The zero-order chi connectivity index (χ0) is 12.8. The molecule has 3 atom stereocenters. The van der Waals surface area contributed by atoms with Crippen molar-refractivity contribution in [2.24, 2.45) is 5.92 Å². The van der Waals surface area contributed by atoms with Crippen LogP contribution in [0.25, 0.3) is 0 Å². The summed E-state index contributed by atoms with van der Waals surface area (Å²) in [6.45, 7) is 6.65. The highest BCUT2D eigenvalue weighted by molar-refractivity contribution is 7.84. The lowest BCUT2D eigenvalue weighted by molar-refractivity contribution is 0.370. The normalized spacial score (nSPS) is 17.0. The van der Waals surface area contributed by atoms with E-state index in [2.05, 4.69) is 43.6 Å². The molecule has 0 radical (unpaired) electrons. The van der Waals surface area contributed by atoms with Crippen LogP contribution in [0.2, 0.25) is 0 Å². The van der Waals surface area contributed by atoms with Gasteiger partial charge in [0.1, 0.15) is 0 Å². The Morgan fingerprint density at radius 3 is 2.59 bits per heavy atom. The average molecular weight is 273 g/mol. The van der Waals surface area contributed by atoms with Crippen LogP contribution in [0.4, 0.5) is 0 Å². The van der Waals surface area contributed by atoms with Gasteiger partial charge < -0.3 is 5.32 Å². The third-order valence-corrected chi connectivity index (χ3v) is 4.58. The third-order valence-electron chi connectivity index (χ3n) is 2.82. The summed E-state index contributed by atoms with van der Waals surface area (Å²) in [5.74, 6) is 1.35. The second-order valence-corrected chi connectivity index (χ2v) is 7.40. The van der Waals surface area contributed by atoms with Crippen molar-refractivity contribution in [3.63, 3.8) is 0 Å². The molecule has 1 heterocycles. The molecule has 1 aromatic heterocycles. The highest BCUT2D eigenvalue weighted by Gasteiger charge is 2.18. The molecule has 4 heteroatoms. The summed E-state index contributed by atoms with van der Waals surface area (Å²) in [6, 6.07) is 5.11. The predicted octanol–water partition coefficient (Wildman–Crippen LogP) is 3.19. The van der Waals surface area contributed by atoms with Crippen molar-refractivity contribution in [3.8, 4) is 0 Å². The Hall–Kier alpha value is -0.190. The van der Waals surface area contributed by atoms with Gasteiger partial charge in [-0.1, -0.05) is 19.9 Å². The fourth-order valence-corrected chi connectivity index (χ4v) is 3.45. The van der Waals surface area contributed by atoms with Crippen LogP contribution in [-0.4, -0.2) is 22.3 Å². The number of nitrogens with one attached hydrogen (secondary N) is 1. The zero-order valence-electron chi connectivity index (χ0n) is 11.1. The van der Waals surface area contributed by atoms with Crippen molar-refractivity contribution in [1.82, 2.24) is 5.32 Å². The quantitative estimate of drug-likeness (QED) is 0.826. The minimum absolute atomic E-state index is 0.411. The number of hydrogen-bond donors (Lipinski definition) is 1. The number of rotatable bonds is 7. The SMILES string of the molecule is CC(CCS(C)=O)NC(c1cccs1)C(C)C. The van der Waals surface area contributed by atoms with Gasteiger partial charge in [0.2, 0.25) is 0 Å². The summed E-state index contributed by atoms with van der Waals surface area (Å²) in [7, 11) is -0.686. The minimum atomic E-state index is -0.686. The Balaban J connectivity index is 2.53. The maximum atomic E-state index is 11.1. The molecule has 0 aliphatic carbocycles. The summed E-state index contributed by atoms with van der Waals surface area (Å²) >= 11 is 1.80. The van der Waals surface area contributed by atoms with E-state index in [0.717, 1.165) is 12.2 Å². The fourth-order valence-electron chi connectivity index (χ4n) is 1.80. The minimum Gasteiger partial charge on any atom is -0.306 e. The first kappa shape index (κ1) is 14.9. The molecule has 0 bridgehead atoms. The Morgan fingerprint density at radius 2 is 2.12 bits per heavy atom. The molecule has 1 aromatic rings. The van der Waals surface area contributed by atoms with E-state index in [1.54, 1.807) is 17.6 Å². The van der Waals surface area contributed by atoms with Crippen LogP contribution in [0, 0.1) is 5.92 Å². The smallest absolute Gasteiger partial charge is 0.0440 e. The summed E-state index contributed by atoms with van der Waals surface area (Å²) in [4.78, 5) is 1.39. The van der Waals surface area contributed by atoms with Crippen LogP contribution in [0.3, 0.4) is 0 Å². The maximum absolute atomic E-state index is 11.1. The molecule has 0 aliphatic rings. The van der Waals surface area contributed by atoms with Crippen molar-refractivity contribution >= 4 is 22.1 Å². The van der Waals surface area contributed by atoms with Crippen LogP contribution < -0.4 is 5.32 Å². The molecule has 0 spiro atoms. The van der Waals surface area contributed by atoms with Gasteiger partial charge in [-0.25, -0.2) is 0 Å². The first-order chi connectivity index (χ1) is 8.00. The van der Waals surface area contributed by atoms with E-state index in [4.69, 9.17) is 0 Å². The highest BCUT2D eigenvalue weighted by atomic mass is 32.2. The molecule has 17 heavy (non-hydrogen) atoms. The molecule has 1 N–H and O–H groups in total. The van der Waals surface area contributed by atoms with E-state index in [1.807, 2.05) is 0 Å². The van der Waals surface area contributed by atoms with E-state index in [9.17, 15) is 4.21 Å². The van der Waals surface area contributed by atoms with Gasteiger partial charge in [0, 0.05) is 39.8 Å². The van der Waals surface area contributed by atoms with E-state index in [1.165, 1.54) is 4.88 Å². The van der Waals surface area contributed by atoms with Crippen molar-refractivity contribution < 1.29 is 4.21 Å². The van der Waals surface area contributed by atoms with Gasteiger partial charge in [0.25, 0.3) is 0 Å². The van der Waals surface area contributed by atoms with Crippen LogP contribution in [0.15, 0.2) is 17.5 Å². The number of hydrogen-bond acceptors (Lipinski definition) is 3. The molecule has 0 amide bonds. The molecule has 0 aromatic carbocycles. The fraction of sp³-hybridized carbons (Fsp3) is 0.692. The Kier molecular flexibility index (Phi) is 6.38. The van der Waals surface area contributed by atoms with Crippen LogP contribution in [0.5, 0.6) is 0 Å². The predicted molar refractivity (Wildman–Crippen MR) is 78.0 cm³/mol. The lowest BCUT2D eigenvalue weighted by Crippen LogP contribution is -2.33. The second-order valence-electron chi connectivity index (χ2n) is 4.87. The van der Waals surface area contributed by atoms with Crippen molar-refractivity contribution in [2.45, 2.75) is 39.3 Å². The lowest BCUT2D eigenvalue weighted by atomic mass is 10.0. The van der Waals surface area contributed by atoms with E-state index in [0.29, 0.717) is 18.0 Å². The summed E-state index contributed by atoms with van der Waals surface area (Å²) in [5.41, 5.74) is 0. The van der Waals surface area contributed by atoms with Gasteiger partial charge in [-0.2, -0.15) is 0 Å². The largest absolute Gasteiger partial charge is 0.306 e. The van der Waals surface area contributed by atoms with Crippen LogP contribution >= 0.6 is 11.3 Å². The monoisotopic (exact) mass is 273 g/mol. The Morgan fingerprint density at radius 1 is 1.41 bits per heavy atom. The Labute approximate surface area is 111 Å². The first-order valence-electron chi connectivity index (χ1n) is 6.10. The van der Waals surface area contributed by atoms with Crippen molar-refractivity contribution in [3.05, 3.63) is 22.4 Å². The molecule has 2 nitrogen and oxygen atoms in total. The second kappa shape index (κ2) is 7.29. The molecule has 0 saturated heterocycles. The van der Waals surface area contributed by atoms with Gasteiger partial charge >= 0.3 is 0 Å². The molecular weight excluding hydrogens is 250 g/mol. The van der Waals surface area contributed by atoms with E-state index >= 15 is 0 Å². The Bertz CT molecular complexity index is 335. The van der Waals surface area contributed by atoms with Crippen molar-refractivity contribution in [1.29, 1.82) is 0 Å². The number of thiophene rings is 1. The van der Waals surface area contributed by atoms with Gasteiger partial charge in [-0.15, -0.1) is 11.3 Å². The highest BCUT2D eigenvalue weighted by Crippen LogP contribution is 2.26. The molecule has 0 fully saturated rings.